The number of esters is 1. The molecule has 0 bridgehead atoms. The molecule has 10 heteroatoms. The first-order chi connectivity index (χ1) is 16.9. The first-order valence-electron chi connectivity index (χ1n) is 11.1. The molecule has 0 spiro atoms. The Kier molecular flexibility index (Phi) is 7.51. The van der Waals surface area contributed by atoms with Crippen molar-refractivity contribution in [2.75, 3.05) is 5.32 Å². The zero-order valence-electron chi connectivity index (χ0n) is 19.3. The molecule has 35 heavy (non-hydrogen) atoms. The van der Waals surface area contributed by atoms with E-state index < -0.39 is 12.1 Å². The van der Waals surface area contributed by atoms with Gasteiger partial charge < -0.3 is 14.8 Å². The number of anilines is 1. The number of aryl methyl sites for hydroxylation is 1. The molecule has 0 aliphatic rings. The molecule has 2 aromatic heterocycles. The van der Waals surface area contributed by atoms with Crippen LogP contribution in [0.4, 0.5) is 5.69 Å². The summed E-state index contributed by atoms with van der Waals surface area (Å²) in [6.07, 6.45) is 0.988. The van der Waals surface area contributed by atoms with Gasteiger partial charge in [-0.3, -0.25) is 9.59 Å². The second-order valence-corrected chi connectivity index (χ2v) is 8.78. The third-order valence-corrected chi connectivity index (χ3v) is 5.94. The maximum Gasteiger partial charge on any atom is 0.338 e. The summed E-state index contributed by atoms with van der Waals surface area (Å²) in [5.41, 5.74) is 0.859. The summed E-state index contributed by atoms with van der Waals surface area (Å²) >= 11 is 1.35. The van der Waals surface area contributed by atoms with Crippen LogP contribution >= 0.6 is 11.3 Å². The first kappa shape index (κ1) is 24.1. The van der Waals surface area contributed by atoms with E-state index in [0.29, 0.717) is 27.7 Å². The van der Waals surface area contributed by atoms with Gasteiger partial charge in [-0.05, 0) is 49.7 Å². The fourth-order valence-corrected chi connectivity index (χ4v) is 4.22. The van der Waals surface area contributed by atoms with E-state index >= 15 is 0 Å². The third kappa shape index (κ3) is 6.10. The molecular weight excluding hydrogens is 468 g/mol. The Hall–Kier alpha value is -4.05. The Morgan fingerprint density at radius 1 is 1.11 bits per heavy atom. The van der Waals surface area contributed by atoms with Gasteiger partial charge in [0.05, 0.1) is 11.3 Å². The number of para-hydroxylation sites is 1. The zero-order chi connectivity index (χ0) is 24.8. The van der Waals surface area contributed by atoms with E-state index in [0.717, 1.165) is 17.8 Å². The Labute approximate surface area is 205 Å². The normalized spacial score (nSPS) is 11.7. The largest absolute Gasteiger partial charge is 0.481 e. The molecule has 4 rings (SSSR count). The van der Waals surface area contributed by atoms with Gasteiger partial charge in [-0.25, -0.2) is 9.78 Å². The predicted octanol–water partition coefficient (Wildman–Crippen LogP) is 3.87. The second-order valence-electron chi connectivity index (χ2n) is 7.74. The van der Waals surface area contributed by atoms with Crippen molar-refractivity contribution >= 4 is 33.9 Å². The summed E-state index contributed by atoms with van der Waals surface area (Å²) in [5.74, 6) is -0.287. The number of carbonyl (C=O) groups excluding carboxylic acids is 2. The fourth-order valence-electron chi connectivity index (χ4n) is 3.20. The van der Waals surface area contributed by atoms with Gasteiger partial charge in [0.15, 0.2) is 6.10 Å². The standard InChI is InChI=1S/C25H24N4O5S/c1-3-7-21-28-29-22(30)14-19(27-25(29)35-21)15-33-24(32)17-10-12-18(13-11-17)26-23(31)16(2)34-20-8-5-4-6-9-20/h4-6,8-14,16H,3,7,15H2,1-2H3,(H,26,31)/t16-/m1/s1. The van der Waals surface area contributed by atoms with Crippen molar-refractivity contribution in [2.24, 2.45) is 0 Å². The van der Waals surface area contributed by atoms with E-state index in [1.165, 1.54) is 21.9 Å². The molecule has 0 saturated heterocycles. The minimum atomic E-state index is -0.701. The molecule has 0 radical (unpaired) electrons. The van der Waals surface area contributed by atoms with E-state index in [1.807, 2.05) is 25.1 Å². The lowest BCUT2D eigenvalue weighted by atomic mass is 10.2. The van der Waals surface area contributed by atoms with Crippen molar-refractivity contribution in [1.29, 1.82) is 0 Å². The average molecular weight is 493 g/mol. The number of aromatic nitrogens is 3. The molecule has 180 valence electrons. The molecule has 9 nitrogen and oxygen atoms in total. The van der Waals surface area contributed by atoms with Gasteiger partial charge in [0.25, 0.3) is 11.5 Å². The Morgan fingerprint density at radius 3 is 2.57 bits per heavy atom. The number of amides is 1. The summed E-state index contributed by atoms with van der Waals surface area (Å²) in [5, 5.41) is 7.85. The second kappa shape index (κ2) is 10.9. The molecule has 2 aromatic carbocycles. The number of fused-ring (bicyclic) bond motifs is 1. The first-order valence-corrected chi connectivity index (χ1v) is 11.9. The van der Waals surface area contributed by atoms with Gasteiger partial charge in [0.2, 0.25) is 4.96 Å². The van der Waals surface area contributed by atoms with Crippen LogP contribution in [0.2, 0.25) is 0 Å². The number of carbonyl (C=O) groups is 2. The molecular formula is C25H24N4O5S. The molecule has 0 unspecified atom stereocenters. The van der Waals surface area contributed by atoms with Crippen molar-refractivity contribution in [3.63, 3.8) is 0 Å². The molecule has 1 atom stereocenters. The average Bonchev–Trinajstić information content (AvgIpc) is 3.27. The van der Waals surface area contributed by atoms with Crippen molar-refractivity contribution in [3.05, 3.63) is 87.3 Å². The predicted molar refractivity (Wildman–Crippen MR) is 132 cm³/mol. The lowest BCUT2D eigenvalue weighted by molar-refractivity contribution is -0.122. The molecule has 4 aromatic rings. The maximum absolute atomic E-state index is 12.5. The lowest BCUT2D eigenvalue weighted by Gasteiger charge is -2.14. The smallest absolute Gasteiger partial charge is 0.338 e. The molecule has 2 heterocycles. The van der Waals surface area contributed by atoms with Crippen LogP contribution < -0.4 is 15.6 Å². The highest BCUT2D eigenvalue weighted by Gasteiger charge is 2.16. The van der Waals surface area contributed by atoms with Crippen molar-refractivity contribution in [3.8, 4) is 5.75 Å². The summed E-state index contributed by atoms with van der Waals surface area (Å²) in [6.45, 7) is 3.55. The van der Waals surface area contributed by atoms with Crippen LogP contribution in [-0.2, 0) is 22.6 Å². The van der Waals surface area contributed by atoms with Gasteiger partial charge in [0, 0.05) is 18.2 Å². The monoisotopic (exact) mass is 492 g/mol. The molecule has 0 saturated carbocycles. The van der Waals surface area contributed by atoms with Gasteiger partial charge in [-0.1, -0.05) is 36.5 Å². The fraction of sp³-hybridized carbons (Fsp3) is 0.240. The van der Waals surface area contributed by atoms with Crippen LogP contribution in [0.3, 0.4) is 0 Å². The Balaban J connectivity index is 1.33. The lowest BCUT2D eigenvalue weighted by Crippen LogP contribution is -2.30. The number of rotatable bonds is 9. The highest BCUT2D eigenvalue weighted by Crippen LogP contribution is 2.16. The van der Waals surface area contributed by atoms with Crippen LogP contribution in [0, 0.1) is 0 Å². The van der Waals surface area contributed by atoms with E-state index in [-0.39, 0.29) is 18.1 Å². The third-order valence-electron chi connectivity index (χ3n) is 4.97. The molecule has 0 aliphatic heterocycles. The number of hydrogen-bond acceptors (Lipinski definition) is 8. The van der Waals surface area contributed by atoms with Gasteiger partial charge >= 0.3 is 5.97 Å². The van der Waals surface area contributed by atoms with Gasteiger partial charge in [-0.15, -0.1) is 0 Å². The quantitative estimate of drug-likeness (QED) is 0.353. The molecule has 0 fully saturated rings. The van der Waals surface area contributed by atoms with Crippen LogP contribution in [0.5, 0.6) is 5.75 Å². The van der Waals surface area contributed by atoms with Crippen molar-refractivity contribution < 1.29 is 19.1 Å². The minimum absolute atomic E-state index is 0.140. The number of nitrogens with zero attached hydrogens (tertiary/aromatic N) is 3. The van der Waals surface area contributed by atoms with Crippen LogP contribution in [0.25, 0.3) is 4.96 Å². The summed E-state index contributed by atoms with van der Waals surface area (Å²) in [4.78, 5) is 42.0. The van der Waals surface area contributed by atoms with Gasteiger partial charge in [-0.2, -0.15) is 9.61 Å². The van der Waals surface area contributed by atoms with Crippen LogP contribution in [0.1, 0.15) is 41.3 Å². The summed E-state index contributed by atoms with van der Waals surface area (Å²) < 4.78 is 12.2. The molecule has 1 N–H and O–H groups in total. The molecule has 0 aliphatic carbocycles. The molecule has 1 amide bonds. The van der Waals surface area contributed by atoms with E-state index in [1.54, 1.807) is 43.3 Å². The minimum Gasteiger partial charge on any atom is -0.481 e. The number of ether oxygens (including phenoxy) is 2. The zero-order valence-corrected chi connectivity index (χ0v) is 20.1. The summed E-state index contributed by atoms with van der Waals surface area (Å²) in [6, 6.07) is 16.7. The number of benzene rings is 2. The highest BCUT2D eigenvalue weighted by molar-refractivity contribution is 7.16. The SMILES string of the molecule is CCCc1nn2c(=O)cc(COC(=O)c3ccc(NC(=O)[C@@H](C)Oc4ccccc4)cc3)nc2s1. The van der Waals surface area contributed by atoms with E-state index in [2.05, 4.69) is 15.4 Å². The highest BCUT2D eigenvalue weighted by atomic mass is 32.1. The topological polar surface area (TPSA) is 112 Å². The van der Waals surface area contributed by atoms with Crippen molar-refractivity contribution in [1.82, 2.24) is 14.6 Å². The Morgan fingerprint density at radius 2 is 1.86 bits per heavy atom. The van der Waals surface area contributed by atoms with Crippen LogP contribution in [-0.4, -0.2) is 32.6 Å². The number of hydrogen-bond donors (Lipinski definition) is 1. The van der Waals surface area contributed by atoms with E-state index in [4.69, 9.17) is 9.47 Å². The maximum atomic E-state index is 12.5. The van der Waals surface area contributed by atoms with Gasteiger partial charge in [0.1, 0.15) is 17.4 Å². The summed E-state index contributed by atoms with van der Waals surface area (Å²) in [7, 11) is 0. The van der Waals surface area contributed by atoms with Crippen molar-refractivity contribution in [2.45, 2.75) is 39.4 Å². The number of nitrogens with one attached hydrogen (secondary N) is 1. The van der Waals surface area contributed by atoms with Crippen LogP contribution in [0.15, 0.2) is 65.5 Å². The van der Waals surface area contributed by atoms with E-state index in [9.17, 15) is 14.4 Å². The Bertz CT molecular complexity index is 1380.